The Hall–Kier alpha value is -2.28. The number of aromatic nitrogens is 3. The van der Waals surface area contributed by atoms with E-state index in [0.717, 1.165) is 0 Å². The van der Waals surface area contributed by atoms with E-state index in [4.69, 9.17) is 25.8 Å². The second-order valence-electron chi connectivity index (χ2n) is 3.93. The first-order valence-corrected chi connectivity index (χ1v) is 6.26. The maximum absolute atomic E-state index is 11.8. The Labute approximate surface area is 118 Å². The summed E-state index contributed by atoms with van der Waals surface area (Å²) < 4.78 is 15.4. The van der Waals surface area contributed by atoms with Crippen LogP contribution in [0, 0.1) is 0 Å². The first-order chi connectivity index (χ1) is 9.70. The van der Waals surface area contributed by atoms with Gasteiger partial charge < -0.3 is 14.2 Å². The van der Waals surface area contributed by atoms with Gasteiger partial charge in [-0.1, -0.05) is 11.6 Å². The number of carbonyl (C=O) groups is 1. The fraction of sp³-hybridized carbons (Fsp3) is 0.250. The molecule has 104 valence electrons. The maximum atomic E-state index is 11.8. The summed E-state index contributed by atoms with van der Waals surface area (Å²) in [6, 6.07) is 3.27. The van der Waals surface area contributed by atoms with Gasteiger partial charge in [0.15, 0.2) is 17.2 Å². The van der Waals surface area contributed by atoms with Gasteiger partial charge in [0.1, 0.15) is 5.69 Å². The molecule has 3 rings (SSSR count). The molecule has 2 aromatic rings. The molecule has 0 unspecified atom stereocenters. The van der Waals surface area contributed by atoms with E-state index in [1.807, 2.05) is 0 Å². The highest BCUT2D eigenvalue weighted by Crippen LogP contribution is 2.40. The highest BCUT2D eigenvalue weighted by molar-refractivity contribution is 6.33. The lowest BCUT2D eigenvalue weighted by Gasteiger charge is -2.05. The molecule has 0 spiro atoms. The number of rotatable bonds is 3. The van der Waals surface area contributed by atoms with Crippen LogP contribution in [-0.2, 0) is 4.74 Å². The van der Waals surface area contributed by atoms with Crippen molar-refractivity contribution >= 4 is 17.6 Å². The standard InChI is InChI=1S/C12H10ClN3O4/c1-2-18-12(17)11-10(14-16-15-11)6-3-8-9(4-7(6)13)20-5-19-8/h3-4H,2,5H2,1H3,(H,14,15,16). The molecule has 0 bridgehead atoms. The van der Waals surface area contributed by atoms with Gasteiger partial charge in [0, 0.05) is 11.6 Å². The van der Waals surface area contributed by atoms with E-state index in [-0.39, 0.29) is 19.1 Å². The minimum Gasteiger partial charge on any atom is -0.461 e. The van der Waals surface area contributed by atoms with Crippen molar-refractivity contribution in [2.24, 2.45) is 0 Å². The number of aromatic amines is 1. The second kappa shape index (κ2) is 5.01. The zero-order chi connectivity index (χ0) is 14.1. The van der Waals surface area contributed by atoms with Crippen LogP contribution < -0.4 is 9.47 Å². The van der Waals surface area contributed by atoms with Crippen molar-refractivity contribution in [1.29, 1.82) is 0 Å². The van der Waals surface area contributed by atoms with Crippen molar-refractivity contribution in [3.63, 3.8) is 0 Å². The van der Waals surface area contributed by atoms with Gasteiger partial charge in [-0.3, -0.25) is 0 Å². The summed E-state index contributed by atoms with van der Waals surface area (Å²) in [6.45, 7) is 2.10. The van der Waals surface area contributed by atoms with Gasteiger partial charge in [-0.25, -0.2) is 4.79 Å². The normalized spacial score (nSPS) is 12.5. The molecule has 1 aromatic heterocycles. The minimum atomic E-state index is -0.565. The monoisotopic (exact) mass is 295 g/mol. The van der Waals surface area contributed by atoms with Gasteiger partial charge in [-0.2, -0.15) is 10.3 Å². The highest BCUT2D eigenvalue weighted by Gasteiger charge is 2.24. The summed E-state index contributed by atoms with van der Waals surface area (Å²) in [5.41, 5.74) is 0.909. The first-order valence-electron chi connectivity index (χ1n) is 5.88. The number of nitrogens with zero attached hydrogens (tertiary/aromatic N) is 2. The maximum Gasteiger partial charge on any atom is 0.361 e. The van der Waals surface area contributed by atoms with Gasteiger partial charge in [0.05, 0.1) is 11.6 Å². The topological polar surface area (TPSA) is 86.3 Å². The fourth-order valence-electron chi connectivity index (χ4n) is 1.86. The number of hydrogen-bond acceptors (Lipinski definition) is 6. The van der Waals surface area contributed by atoms with Crippen LogP contribution in [0.15, 0.2) is 12.1 Å². The Morgan fingerprint density at radius 3 is 2.90 bits per heavy atom. The summed E-state index contributed by atoms with van der Waals surface area (Å²) in [7, 11) is 0. The van der Waals surface area contributed by atoms with E-state index >= 15 is 0 Å². The number of ether oxygens (including phenoxy) is 3. The molecule has 1 aliphatic heterocycles. The molecule has 0 radical (unpaired) electrons. The number of hydrogen-bond donors (Lipinski definition) is 1. The molecule has 8 heteroatoms. The molecule has 1 aliphatic rings. The van der Waals surface area contributed by atoms with Gasteiger partial charge in [0.2, 0.25) is 6.79 Å². The van der Waals surface area contributed by atoms with E-state index < -0.39 is 5.97 Å². The fourth-order valence-corrected chi connectivity index (χ4v) is 2.10. The number of fused-ring (bicyclic) bond motifs is 1. The molecule has 0 saturated heterocycles. The van der Waals surface area contributed by atoms with Gasteiger partial charge in [-0.15, -0.1) is 5.10 Å². The number of halogens is 1. The number of nitrogens with one attached hydrogen (secondary N) is 1. The second-order valence-corrected chi connectivity index (χ2v) is 4.33. The molecule has 0 aliphatic carbocycles. The summed E-state index contributed by atoms with van der Waals surface area (Å²) in [5, 5.41) is 10.5. The molecule has 0 saturated carbocycles. The van der Waals surface area contributed by atoms with Gasteiger partial charge >= 0.3 is 5.97 Å². The molecule has 0 amide bonds. The molecule has 1 N–H and O–H groups in total. The lowest BCUT2D eigenvalue weighted by atomic mass is 10.1. The van der Waals surface area contributed by atoms with Crippen LogP contribution in [0.2, 0.25) is 5.02 Å². The van der Waals surface area contributed by atoms with Crippen LogP contribution in [-0.4, -0.2) is 34.8 Å². The van der Waals surface area contributed by atoms with Crippen molar-refractivity contribution in [3.05, 3.63) is 22.8 Å². The third-order valence-electron chi connectivity index (χ3n) is 2.73. The van der Waals surface area contributed by atoms with Crippen molar-refractivity contribution in [2.45, 2.75) is 6.92 Å². The summed E-state index contributed by atoms with van der Waals surface area (Å²) in [6.07, 6.45) is 0. The third kappa shape index (κ3) is 2.05. The number of benzene rings is 1. The molecular weight excluding hydrogens is 286 g/mol. The van der Waals surface area contributed by atoms with Crippen molar-refractivity contribution in [1.82, 2.24) is 15.4 Å². The lowest BCUT2D eigenvalue weighted by Crippen LogP contribution is -2.06. The summed E-state index contributed by atoms with van der Waals surface area (Å²) >= 11 is 6.18. The van der Waals surface area contributed by atoms with Gasteiger partial charge in [-0.05, 0) is 13.0 Å². The lowest BCUT2D eigenvalue weighted by molar-refractivity contribution is 0.0520. The quantitative estimate of drug-likeness (QED) is 0.872. The molecule has 0 fully saturated rings. The molecular formula is C12H10ClN3O4. The van der Waals surface area contributed by atoms with E-state index in [9.17, 15) is 4.79 Å². The van der Waals surface area contributed by atoms with E-state index in [2.05, 4.69) is 15.4 Å². The largest absolute Gasteiger partial charge is 0.461 e. The predicted octanol–water partition coefficient (Wildman–Crippen LogP) is 2.03. The van der Waals surface area contributed by atoms with Crippen LogP contribution in [0.1, 0.15) is 17.4 Å². The van der Waals surface area contributed by atoms with Crippen LogP contribution in [0.3, 0.4) is 0 Å². The zero-order valence-corrected chi connectivity index (χ0v) is 11.2. The van der Waals surface area contributed by atoms with Crippen LogP contribution in [0.4, 0.5) is 0 Å². The molecule has 2 heterocycles. The van der Waals surface area contributed by atoms with Gasteiger partial charge in [0.25, 0.3) is 0 Å². The van der Waals surface area contributed by atoms with Crippen LogP contribution in [0.5, 0.6) is 11.5 Å². The Balaban J connectivity index is 2.06. The Bertz CT molecular complexity index is 671. The van der Waals surface area contributed by atoms with Crippen LogP contribution in [0.25, 0.3) is 11.3 Å². The molecule has 20 heavy (non-hydrogen) atoms. The molecule has 7 nitrogen and oxygen atoms in total. The zero-order valence-electron chi connectivity index (χ0n) is 10.5. The van der Waals surface area contributed by atoms with E-state index in [1.165, 1.54) is 0 Å². The molecule has 1 aromatic carbocycles. The number of H-pyrrole nitrogens is 1. The summed E-state index contributed by atoms with van der Waals surface area (Å²) in [4.78, 5) is 11.8. The third-order valence-corrected chi connectivity index (χ3v) is 3.05. The Morgan fingerprint density at radius 1 is 1.40 bits per heavy atom. The average molecular weight is 296 g/mol. The average Bonchev–Trinajstić information content (AvgIpc) is 3.05. The molecule has 0 atom stereocenters. The highest BCUT2D eigenvalue weighted by atomic mass is 35.5. The van der Waals surface area contributed by atoms with Crippen LogP contribution >= 0.6 is 11.6 Å². The number of esters is 1. The van der Waals surface area contributed by atoms with E-state index in [0.29, 0.717) is 27.8 Å². The summed E-state index contributed by atoms with van der Waals surface area (Å²) in [5.74, 6) is 0.534. The number of carbonyl (C=O) groups excluding carboxylic acids is 1. The minimum absolute atomic E-state index is 0.0765. The Morgan fingerprint density at radius 2 is 2.15 bits per heavy atom. The first kappa shape index (κ1) is 12.7. The predicted molar refractivity (Wildman–Crippen MR) is 68.9 cm³/mol. The van der Waals surface area contributed by atoms with Crippen molar-refractivity contribution < 1.29 is 19.0 Å². The smallest absolute Gasteiger partial charge is 0.361 e. The van der Waals surface area contributed by atoms with Crippen molar-refractivity contribution in [3.8, 4) is 22.8 Å². The van der Waals surface area contributed by atoms with E-state index in [1.54, 1.807) is 19.1 Å². The van der Waals surface area contributed by atoms with Crippen molar-refractivity contribution in [2.75, 3.05) is 13.4 Å². The SMILES string of the molecule is CCOC(=O)c1n[nH]nc1-c1cc2c(cc1Cl)OCO2. The Kier molecular flexibility index (Phi) is 3.19.